The molecule has 0 radical (unpaired) electrons. The summed E-state index contributed by atoms with van der Waals surface area (Å²) in [6, 6.07) is 21.3. The molecule has 2 aromatic carbocycles. The van der Waals surface area contributed by atoms with Gasteiger partial charge >= 0.3 is 6.09 Å². The zero-order chi connectivity index (χ0) is 24.9. The highest BCUT2D eigenvalue weighted by Gasteiger charge is 2.40. The van der Waals surface area contributed by atoms with E-state index >= 15 is 0 Å². The van der Waals surface area contributed by atoms with Crippen molar-refractivity contribution in [2.75, 3.05) is 26.2 Å². The van der Waals surface area contributed by atoms with Crippen molar-refractivity contribution in [3.8, 4) is 11.8 Å². The third kappa shape index (κ3) is 6.35. The molecule has 1 aliphatic carbocycles. The predicted molar refractivity (Wildman–Crippen MR) is 136 cm³/mol. The van der Waals surface area contributed by atoms with Gasteiger partial charge in [-0.05, 0) is 69.7 Å². The van der Waals surface area contributed by atoms with Crippen LogP contribution < -0.4 is 4.74 Å². The van der Waals surface area contributed by atoms with E-state index in [1.165, 1.54) is 0 Å². The molecule has 6 nitrogen and oxygen atoms in total. The largest absolute Gasteiger partial charge is 0.489 e. The first-order valence-corrected chi connectivity index (χ1v) is 12.7. The number of rotatable bonds is 5. The average Bonchev–Trinajstić information content (AvgIpc) is 2.87. The van der Waals surface area contributed by atoms with E-state index in [0.29, 0.717) is 25.7 Å². The lowest BCUT2D eigenvalue weighted by Gasteiger charge is -2.44. The van der Waals surface area contributed by atoms with Crippen LogP contribution in [-0.4, -0.2) is 53.7 Å². The Morgan fingerprint density at radius 1 is 1.03 bits per heavy atom. The Morgan fingerprint density at radius 2 is 1.71 bits per heavy atom. The molecule has 4 rings (SSSR count). The number of carbonyl (C=O) groups is 1. The normalized spacial score (nSPS) is 23.4. The van der Waals surface area contributed by atoms with Crippen molar-refractivity contribution in [3.63, 3.8) is 0 Å². The quantitative estimate of drug-likeness (QED) is 0.569. The minimum Gasteiger partial charge on any atom is -0.489 e. The first-order valence-electron chi connectivity index (χ1n) is 12.7. The number of hydrogen-bond acceptors (Lipinski definition) is 5. The molecule has 0 atom stereocenters. The fourth-order valence-corrected chi connectivity index (χ4v) is 5.15. The van der Waals surface area contributed by atoms with Crippen LogP contribution in [0.4, 0.5) is 4.79 Å². The second-order valence-corrected chi connectivity index (χ2v) is 10.7. The molecule has 0 aromatic heterocycles. The number of piperazine rings is 1. The van der Waals surface area contributed by atoms with Gasteiger partial charge in [-0.15, -0.1) is 0 Å². The lowest BCUT2D eigenvalue weighted by Crippen LogP contribution is -2.54. The molecule has 35 heavy (non-hydrogen) atoms. The van der Waals surface area contributed by atoms with Crippen LogP contribution in [0.2, 0.25) is 0 Å². The van der Waals surface area contributed by atoms with Crippen LogP contribution >= 0.6 is 0 Å². The van der Waals surface area contributed by atoms with E-state index < -0.39 is 11.0 Å². The number of amides is 1. The molecule has 1 saturated carbocycles. The summed E-state index contributed by atoms with van der Waals surface area (Å²) >= 11 is 0. The van der Waals surface area contributed by atoms with Crippen LogP contribution in [0.1, 0.15) is 57.6 Å². The maximum atomic E-state index is 12.4. The second kappa shape index (κ2) is 10.7. The van der Waals surface area contributed by atoms with Crippen LogP contribution in [0.5, 0.6) is 5.75 Å². The van der Waals surface area contributed by atoms with Gasteiger partial charge in [-0.25, -0.2) is 4.79 Å². The highest BCUT2D eigenvalue weighted by Crippen LogP contribution is 2.41. The van der Waals surface area contributed by atoms with Gasteiger partial charge in [-0.1, -0.05) is 42.5 Å². The lowest BCUT2D eigenvalue weighted by molar-refractivity contribution is 0.00722. The molecule has 1 saturated heterocycles. The molecule has 0 bridgehead atoms. The van der Waals surface area contributed by atoms with Crippen molar-refractivity contribution in [3.05, 3.63) is 65.7 Å². The fourth-order valence-electron chi connectivity index (χ4n) is 5.15. The zero-order valence-electron chi connectivity index (χ0n) is 21.2. The highest BCUT2D eigenvalue weighted by molar-refractivity contribution is 5.68. The standard InChI is InChI=1S/C29H37N3O3/c1-28(2,3)35-27(33)32-18-16-31(17-19-32)25-12-14-29(22-30,15-13-25)24-10-7-11-26(20-24)34-21-23-8-5-4-6-9-23/h4-11,20,25H,12-19,21H2,1-3H3/t25-,29+. The summed E-state index contributed by atoms with van der Waals surface area (Å²) in [6.45, 7) is 9.30. The Labute approximate surface area is 209 Å². The van der Waals surface area contributed by atoms with Crippen molar-refractivity contribution in [2.45, 2.75) is 70.1 Å². The molecular formula is C29H37N3O3. The lowest BCUT2D eigenvalue weighted by atomic mass is 9.69. The summed E-state index contributed by atoms with van der Waals surface area (Å²) in [7, 11) is 0. The molecule has 2 aliphatic rings. The molecule has 1 heterocycles. The molecule has 0 spiro atoms. The fraction of sp³-hybridized carbons (Fsp3) is 0.517. The van der Waals surface area contributed by atoms with E-state index in [4.69, 9.17) is 9.47 Å². The van der Waals surface area contributed by atoms with Gasteiger partial charge < -0.3 is 14.4 Å². The van der Waals surface area contributed by atoms with Crippen LogP contribution in [0.25, 0.3) is 0 Å². The average molecular weight is 476 g/mol. The van der Waals surface area contributed by atoms with Crippen molar-refractivity contribution in [2.24, 2.45) is 0 Å². The predicted octanol–water partition coefficient (Wildman–Crippen LogP) is 5.52. The minimum absolute atomic E-state index is 0.223. The number of nitriles is 1. The number of hydrogen-bond donors (Lipinski definition) is 0. The summed E-state index contributed by atoms with van der Waals surface area (Å²) in [5, 5.41) is 10.2. The number of ether oxygens (including phenoxy) is 2. The van der Waals surface area contributed by atoms with E-state index in [-0.39, 0.29) is 6.09 Å². The molecule has 0 unspecified atom stereocenters. The van der Waals surface area contributed by atoms with Crippen molar-refractivity contribution in [1.82, 2.24) is 9.80 Å². The Morgan fingerprint density at radius 3 is 2.34 bits per heavy atom. The third-order valence-corrected chi connectivity index (χ3v) is 7.14. The Bertz CT molecular complexity index is 1030. The number of carbonyl (C=O) groups excluding carboxylic acids is 1. The van der Waals surface area contributed by atoms with Crippen LogP contribution in [0, 0.1) is 11.3 Å². The van der Waals surface area contributed by atoms with Crippen LogP contribution in [0.3, 0.4) is 0 Å². The van der Waals surface area contributed by atoms with Gasteiger partial charge in [0, 0.05) is 32.2 Å². The van der Waals surface area contributed by atoms with Gasteiger partial charge in [0.25, 0.3) is 0 Å². The Balaban J connectivity index is 1.32. The molecule has 1 amide bonds. The van der Waals surface area contributed by atoms with Gasteiger partial charge in [0.15, 0.2) is 0 Å². The molecule has 0 N–H and O–H groups in total. The smallest absolute Gasteiger partial charge is 0.410 e. The van der Waals surface area contributed by atoms with Gasteiger partial charge in [-0.2, -0.15) is 5.26 Å². The Kier molecular flexibility index (Phi) is 7.66. The van der Waals surface area contributed by atoms with E-state index in [1.807, 2.05) is 62.1 Å². The topological polar surface area (TPSA) is 65.8 Å². The minimum atomic E-state index is -0.471. The summed E-state index contributed by atoms with van der Waals surface area (Å²) in [6.07, 6.45) is 3.41. The second-order valence-electron chi connectivity index (χ2n) is 10.7. The van der Waals surface area contributed by atoms with Gasteiger partial charge in [0.2, 0.25) is 0 Å². The molecular weight excluding hydrogens is 438 g/mol. The molecule has 2 fully saturated rings. The van der Waals surface area contributed by atoms with E-state index in [9.17, 15) is 10.1 Å². The van der Waals surface area contributed by atoms with Crippen molar-refractivity contribution in [1.29, 1.82) is 5.26 Å². The number of benzene rings is 2. The molecule has 186 valence electrons. The molecule has 6 heteroatoms. The summed E-state index contributed by atoms with van der Waals surface area (Å²) in [4.78, 5) is 16.7. The Hall–Kier alpha value is -3.04. The number of nitrogens with zero attached hydrogens (tertiary/aromatic N) is 3. The summed E-state index contributed by atoms with van der Waals surface area (Å²) in [5.41, 5.74) is 1.24. The molecule has 2 aromatic rings. The molecule has 1 aliphatic heterocycles. The maximum absolute atomic E-state index is 12.4. The summed E-state index contributed by atoms with van der Waals surface area (Å²) in [5.74, 6) is 0.807. The first kappa shape index (κ1) is 25.1. The first-order chi connectivity index (χ1) is 16.8. The zero-order valence-corrected chi connectivity index (χ0v) is 21.2. The van der Waals surface area contributed by atoms with Gasteiger partial charge in [-0.3, -0.25) is 4.90 Å². The maximum Gasteiger partial charge on any atom is 0.410 e. The van der Waals surface area contributed by atoms with E-state index in [2.05, 4.69) is 29.2 Å². The van der Waals surface area contributed by atoms with Crippen LogP contribution in [0.15, 0.2) is 54.6 Å². The monoisotopic (exact) mass is 475 g/mol. The van der Waals surface area contributed by atoms with E-state index in [1.54, 1.807) is 0 Å². The van der Waals surface area contributed by atoms with Gasteiger partial charge in [0.05, 0.1) is 11.5 Å². The van der Waals surface area contributed by atoms with Crippen molar-refractivity contribution < 1.29 is 14.3 Å². The van der Waals surface area contributed by atoms with E-state index in [0.717, 1.165) is 55.6 Å². The SMILES string of the molecule is CC(C)(C)OC(=O)N1CCN([C@H]2CC[C@@](C#N)(c3cccc(OCc4ccccc4)c3)CC2)CC1. The van der Waals surface area contributed by atoms with Crippen molar-refractivity contribution >= 4 is 6.09 Å². The third-order valence-electron chi connectivity index (χ3n) is 7.14. The van der Waals surface area contributed by atoms with Crippen LogP contribution in [-0.2, 0) is 16.8 Å². The van der Waals surface area contributed by atoms with Gasteiger partial charge in [0.1, 0.15) is 18.0 Å². The highest BCUT2D eigenvalue weighted by atomic mass is 16.6. The summed E-state index contributed by atoms with van der Waals surface area (Å²) < 4.78 is 11.6.